The number of rotatable bonds is 3. The van der Waals surface area contributed by atoms with Crippen LogP contribution >= 0.6 is 39.5 Å². The Kier molecular flexibility index (Phi) is 4.57. The minimum absolute atomic E-state index is 0.0520. The first-order valence-corrected chi connectivity index (χ1v) is 7.86. The number of carbonyl (C=O) groups excluding carboxylic acids is 1. The predicted molar refractivity (Wildman–Crippen MR) is 91.8 cm³/mol. The molecular weight excluding hydrogens is 356 g/mol. The van der Waals surface area contributed by atoms with Crippen LogP contribution < -0.4 is 10.6 Å². The predicted octanol–water partition coefficient (Wildman–Crippen LogP) is 3.73. The normalized spacial score (nSPS) is 10.3. The molecule has 0 atom stereocenters. The van der Waals surface area contributed by atoms with Gasteiger partial charge in [-0.2, -0.15) is 0 Å². The van der Waals surface area contributed by atoms with Crippen LogP contribution in [0.4, 0.5) is 5.69 Å². The number of thiocarbonyl (C=S) groups is 1. The van der Waals surface area contributed by atoms with Crippen molar-refractivity contribution in [2.45, 2.75) is 6.92 Å². The summed E-state index contributed by atoms with van der Waals surface area (Å²) in [6.45, 7) is 1.96. The summed E-state index contributed by atoms with van der Waals surface area (Å²) >= 11 is 9.82. The van der Waals surface area contributed by atoms with E-state index in [0.717, 1.165) is 20.6 Å². The fourth-order valence-electron chi connectivity index (χ4n) is 1.72. The van der Waals surface area contributed by atoms with Gasteiger partial charge in [-0.25, -0.2) is 0 Å². The number of amides is 1. The molecular formula is C14H13BrN2OS2. The standard InChI is InChI=1S/C14H13BrN2OS2/c1-8-6-11(20-12(8)15)14(18)17(2)10-5-3-4-9(7-10)13(16)19/h3-7H,1-2H3,(H2,16,19). The molecule has 0 radical (unpaired) electrons. The molecule has 104 valence electrons. The van der Waals surface area contributed by atoms with Gasteiger partial charge in [-0.15, -0.1) is 11.3 Å². The van der Waals surface area contributed by atoms with E-state index in [9.17, 15) is 4.79 Å². The molecule has 2 N–H and O–H groups in total. The average Bonchev–Trinajstić information content (AvgIpc) is 2.77. The van der Waals surface area contributed by atoms with Crippen LogP contribution in [-0.4, -0.2) is 17.9 Å². The summed E-state index contributed by atoms with van der Waals surface area (Å²) in [6.07, 6.45) is 0. The van der Waals surface area contributed by atoms with E-state index >= 15 is 0 Å². The van der Waals surface area contributed by atoms with Gasteiger partial charge in [0.2, 0.25) is 0 Å². The molecule has 0 unspecified atom stereocenters. The Balaban J connectivity index is 2.31. The topological polar surface area (TPSA) is 46.3 Å². The molecule has 0 saturated heterocycles. The zero-order valence-corrected chi connectivity index (χ0v) is 14.2. The van der Waals surface area contributed by atoms with E-state index in [1.54, 1.807) is 11.9 Å². The molecule has 2 aromatic rings. The minimum atomic E-state index is -0.0520. The monoisotopic (exact) mass is 368 g/mol. The van der Waals surface area contributed by atoms with Gasteiger partial charge in [0.15, 0.2) is 0 Å². The fourth-order valence-corrected chi connectivity index (χ4v) is 3.35. The Hall–Kier alpha value is -1.24. The average molecular weight is 369 g/mol. The van der Waals surface area contributed by atoms with Crippen LogP contribution in [0.5, 0.6) is 0 Å². The van der Waals surface area contributed by atoms with Crippen LogP contribution in [-0.2, 0) is 0 Å². The Labute approximate surface area is 135 Å². The van der Waals surface area contributed by atoms with E-state index in [-0.39, 0.29) is 5.91 Å². The van der Waals surface area contributed by atoms with Crippen LogP contribution in [0.2, 0.25) is 0 Å². The van der Waals surface area contributed by atoms with Crippen molar-refractivity contribution in [3.63, 3.8) is 0 Å². The van der Waals surface area contributed by atoms with E-state index in [0.29, 0.717) is 9.87 Å². The van der Waals surface area contributed by atoms with Gasteiger partial charge in [0.1, 0.15) is 4.99 Å². The van der Waals surface area contributed by atoms with E-state index in [4.69, 9.17) is 18.0 Å². The highest BCUT2D eigenvalue weighted by Crippen LogP contribution is 2.29. The lowest BCUT2D eigenvalue weighted by Gasteiger charge is -2.17. The minimum Gasteiger partial charge on any atom is -0.389 e. The van der Waals surface area contributed by atoms with Gasteiger partial charge in [0.05, 0.1) is 8.66 Å². The smallest absolute Gasteiger partial charge is 0.268 e. The second kappa shape index (κ2) is 6.03. The third-order valence-electron chi connectivity index (χ3n) is 2.89. The van der Waals surface area contributed by atoms with E-state index in [2.05, 4.69) is 15.9 Å². The Bertz CT molecular complexity index is 662. The number of halogens is 1. The number of hydrogen-bond donors (Lipinski definition) is 1. The van der Waals surface area contributed by atoms with Crippen molar-refractivity contribution in [2.75, 3.05) is 11.9 Å². The number of aryl methyl sites for hydroxylation is 1. The molecule has 2 rings (SSSR count). The van der Waals surface area contributed by atoms with Crippen LogP contribution in [0.15, 0.2) is 34.1 Å². The highest BCUT2D eigenvalue weighted by atomic mass is 79.9. The molecule has 0 saturated carbocycles. The Morgan fingerprint density at radius 2 is 2.10 bits per heavy atom. The maximum absolute atomic E-state index is 12.4. The van der Waals surface area contributed by atoms with Crippen molar-refractivity contribution in [1.82, 2.24) is 0 Å². The molecule has 20 heavy (non-hydrogen) atoms. The molecule has 6 heteroatoms. The lowest BCUT2D eigenvalue weighted by molar-refractivity contribution is 0.0997. The molecule has 0 spiro atoms. The Morgan fingerprint density at radius 1 is 1.40 bits per heavy atom. The molecule has 0 aliphatic carbocycles. The maximum atomic E-state index is 12.4. The van der Waals surface area contributed by atoms with Crippen molar-refractivity contribution < 1.29 is 4.79 Å². The molecule has 0 aliphatic rings. The van der Waals surface area contributed by atoms with Gasteiger partial charge in [-0.05, 0) is 46.6 Å². The summed E-state index contributed by atoms with van der Waals surface area (Å²) in [7, 11) is 1.74. The number of hydrogen-bond acceptors (Lipinski definition) is 3. The third-order valence-corrected chi connectivity index (χ3v) is 5.25. The van der Waals surface area contributed by atoms with E-state index < -0.39 is 0 Å². The highest BCUT2D eigenvalue weighted by molar-refractivity contribution is 9.11. The number of nitrogens with two attached hydrogens (primary N) is 1. The third kappa shape index (κ3) is 3.08. The summed E-state index contributed by atoms with van der Waals surface area (Å²) in [5, 5.41) is 0. The quantitative estimate of drug-likeness (QED) is 0.839. The molecule has 1 heterocycles. The lowest BCUT2D eigenvalue weighted by atomic mass is 10.2. The largest absolute Gasteiger partial charge is 0.389 e. The molecule has 1 aromatic heterocycles. The number of thiophene rings is 1. The molecule has 1 amide bonds. The second-order valence-electron chi connectivity index (χ2n) is 4.35. The first-order valence-electron chi connectivity index (χ1n) is 5.84. The number of nitrogens with zero attached hydrogens (tertiary/aromatic N) is 1. The number of benzene rings is 1. The van der Waals surface area contributed by atoms with Crippen molar-refractivity contribution in [2.24, 2.45) is 5.73 Å². The number of anilines is 1. The van der Waals surface area contributed by atoms with Crippen LogP contribution in [0, 0.1) is 6.92 Å². The van der Waals surface area contributed by atoms with Crippen molar-refractivity contribution in [3.05, 3.63) is 50.1 Å². The highest BCUT2D eigenvalue weighted by Gasteiger charge is 2.17. The van der Waals surface area contributed by atoms with Crippen LogP contribution in [0.25, 0.3) is 0 Å². The van der Waals surface area contributed by atoms with Gasteiger partial charge in [-0.3, -0.25) is 4.79 Å². The van der Waals surface area contributed by atoms with Gasteiger partial charge in [-0.1, -0.05) is 24.4 Å². The van der Waals surface area contributed by atoms with Gasteiger partial charge >= 0.3 is 0 Å². The first-order chi connectivity index (χ1) is 9.40. The molecule has 0 aliphatic heterocycles. The molecule has 0 fully saturated rings. The molecule has 3 nitrogen and oxygen atoms in total. The fraction of sp³-hybridized carbons (Fsp3) is 0.143. The Morgan fingerprint density at radius 3 is 2.65 bits per heavy atom. The van der Waals surface area contributed by atoms with Crippen molar-refractivity contribution >= 4 is 56.1 Å². The lowest BCUT2D eigenvalue weighted by Crippen LogP contribution is -2.25. The summed E-state index contributed by atoms with van der Waals surface area (Å²) < 4.78 is 0.978. The van der Waals surface area contributed by atoms with Gasteiger partial charge in [0, 0.05) is 18.3 Å². The summed E-state index contributed by atoms with van der Waals surface area (Å²) in [5.41, 5.74) is 8.19. The summed E-state index contributed by atoms with van der Waals surface area (Å²) in [5.74, 6) is -0.0520. The molecule has 0 bridgehead atoms. The van der Waals surface area contributed by atoms with Crippen molar-refractivity contribution in [1.29, 1.82) is 0 Å². The van der Waals surface area contributed by atoms with Gasteiger partial charge < -0.3 is 10.6 Å². The summed E-state index contributed by atoms with van der Waals surface area (Å²) in [4.78, 5) is 15.1. The number of carbonyl (C=O) groups is 1. The SMILES string of the molecule is Cc1cc(C(=O)N(C)c2cccc(C(N)=S)c2)sc1Br. The van der Waals surface area contributed by atoms with Gasteiger partial charge in [0.25, 0.3) is 5.91 Å². The molecule has 1 aromatic carbocycles. The van der Waals surface area contributed by atoms with E-state index in [1.807, 2.05) is 37.3 Å². The zero-order valence-electron chi connectivity index (χ0n) is 11.0. The van der Waals surface area contributed by atoms with Crippen LogP contribution in [0.1, 0.15) is 20.8 Å². The first kappa shape index (κ1) is 15.2. The zero-order chi connectivity index (χ0) is 14.9. The van der Waals surface area contributed by atoms with Crippen molar-refractivity contribution in [3.8, 4) is 0 Å². The van der Waals surface area contributed by atoms with Crippen LogP contribution in [0.3, 0.4) is 0 Å². The second-order valence-corrected chi connectivity index (χ2v) is 7.16. The van der Waals surface area contributed by atoms with E-state index in [1.165, 1.54) is 11.3 Å². The summed E-state index contributed by atoms with van der Waals surface area (Å²) in [6, 6.07) is 9.22. The maximum Gasteiger partial charge on any atom is 0.268 e.